The molecule has 0 saturated carbocycles. The molecule has 5 rings (SSSR count). The van der Waals surface area contributed by atoms with Crippen LogP contribution in [0.1, 0.15) is 6.92 Å². The Morgan fingerprint density at radius 1 is 0.735 bits per heavy atom. The maximum Gasteiger partial charge on any atom is 0.229 e. The predicted molar refractivity (Wildman–Crippen MR) is 165 cm³/mol. The van der Waals surface area contributed by atoms with Gasteiger partial charge in [-0.25, -0.2) is 0 Å². The summed E-state index contributed by atoms with van der Waals surface area (Å²) in [5.74, 6) is 0.685. The van der Waals surface area contributed by atoms with Gasteiger partial charge in [0.1, 0.15) is 84.2 Å². The lowest BCUT2D eigenvalue weighted by Crippen LogP contribution is -2.61. The van der Waals surface area contributed by atoms with E-state index >= 15 is 0 Å². The Morgan fingerprint density at radius 3 is 2.10 bits per heavy atom. The third-order valence-electron chi connectivity index (χ3n) is 8.07. The Bertz CT molecular complexity index is 1610. The molecule has 1 aromatic heterocycles. The lowest BCUT2D eigenvalue weighted by atomic mass is 9.98. The summed E-state index contributed by atoms with van der Waals surface area (Å²) >= 11 is 0. The number of benzene rings is 2. The summed E-state index contributed by atoms with van der Waals surface area (Å²) in [5, 5.41) is 80.8. The van der Waals surface area contributed by atoms with Gasteiger partial charge in [-0.15, -0.1) is 0 Å². The van der Waals surface area contributed by atoms with Crippen LogP contribution < -0.4 is 24.4 Å². The van der Waals surface area contributed by atoms with E-state index < -0.39 is 73.4 Å². The maximum atomic E-state index is 13.4. The topological polar surface area (TPSA) is 257 Å². The van der Waals surface area contributed by atoms with Crippen molar-refractivity contribution in [2.45, 2.75) is 68.3 Å². The van der Waals surface area contributed by atoms with E-state index in [1.54, 1.807) is 18.2 Å². The smallest absolute Gasteiger partial charge is 0.229 e. The van der Waals surface area contributed by atoms with Crippen molar-refractivity contribution in [3.05, 3.63) is 46.6 Å². The molecular weight excluding hydrogens is 656 g/mol. The van der Waals surface area contributed by atoms with Gasteiger partial charge in [0.2, 0.25) is 6.29 Å². The highest BCUT2D eigenvalue weighted by Gasteiger charge is 2.47. The van der Waals surface area contributed by atoms with Gasteiger partial charge in [-0.05, 0) is 25.1 Å². The summed E-state index contributed by atoms with van der Waals surface area (Å²) < 4.78 is 45.0. The second-order valence-corrected chi connectivity index (χ2v) is 11.4. The number of hydrogen-bond donors (Lipinski definition) is 8. The largest absolute Gasteiger partial charge is 0.493 e. The molecule has 17 nitrogen and oxygen atoms in total. The first-order valence-corrected chi connectivity index (χ1v) is 15.4. The standard InChI is InChI=1S/C32H40O17/c1-14-25(36)27(38)29(40)31(46-14)45-13-23-26(37)28(39)30(41)32(49-23)47-16-10-21(44-8-6-34)24-17(35)12-19(48-22(24)11-16)15-3-4-18(42-2)20(9-15)43-7-5-33/h3-4,9-12,14,23,25-34,36-41H,5-8,13H2,1-2H3/t14-,23+,25-,26+,27+,28-,29+,30+,31+,32+/m0/s1. The molecule has 0 bridgehead atoms. The Labute approximate surface area is 278 Å². The van der Waals surface area contributed by atoms with Crippen LogP contribution in [0.15, 0.2) is 45.6 Å². The molecule has 0 spiro atoms. The summed E-state index contributed by atoms with van der Waals surface area (Å²) in [6.07, 6.45) is -15.1. The van der Waals surface area contributed by atoms with Gasteiger partial charge in [0.25, 0.3) is 0 Å². The van der Waals surface area contributed by atoms with Gasteiger partial charge < -0.3 is 78.4 Å². The van der Waals surface area contributed by atoms with E-state index in [1.807, 2.05) is 0 Å². The fourth-order valence-corrected chi connectivity index (χ4v) is 5.43. The van der Waals surface area contributed by atoms with Crippen LogP contribution in [0, 0.1) is 0 Å². The minimum Gasteiger partial charge on any atom is -0.493 e. The molecule has 2 saturated heterocycles. The van der Waals surface area contributed by atoms with E-state index in [0.29, 0.717) is 11.3 Å². The molecule has 49 heavy (non-hydrogen) atoms. The quantitative estimate of drug-likeness (QED) is 0.0985. The molecule has 3 heterocycles. The molecule has 0 unspecified atom stereocenters. The van der Waals surface area contributed by atoms with Gasteiger partial charge >= 0.3 is 0 Å². The van der Waals surface area contributed by atoms with Crippen LogP contribution in [0.25, 0.3) is 22.3 Å². The zero-order valence-electron chi connectivity index (χ0n) is 26.5. The molecule has 2 fully saturated rings. The summed E-state index contributed by atoms with van der Waals surface area (Å²) in [6.45, 7) is 0.118. The monoisotopic (exact) mass is 696 g/mol. The van der Waals surface area contributed by atoms with Crippen molar-refractivity contribution in [1.29, 1.82) is 0 Å². The average molecular weight is 697 g/mol. The number of fused-ring (bicyclic) bond motifs is 1. The van der Waals surface area contributed by atoms with Gasteiger partial charge in [-0.2, -0.15) is 0 Å². The Morgan fingerprint density at radius 2 is 1.41 bits per heavy atom. The fourth-order valence-electron chi connectivity index (χ4n) is 5.43. The molecule has 2 aromatic carbocycles. The summed E-state index contributed by atoms with van der Waals surface area (Å²) in [5.41, 5.74) is -0.106. The molecule has 0 amide bonds. The van der Waals surface area contributed by atoms with E-state index in [4.69, 9.17) is 37.6 Å². The minimum absolute atomic E-state index is 0.00855. The normalized spacial score (nSPS) is 30.2. The third kappa shape index (κ3) is 7.92. The maximum absolute atomic E-state index is 13.4. The van der Waals surface area contributed by atoms with Crippen LogP contribution in [0.2, 0.25) is 0 Å². The summed E-state index contributed by atoms with van der Waals surface area (Å²) in [6, 6.07) is 8.62. The number of ether oxygens (including phenoxy) is 7. The van der Waals surface area contributed by atoms with Gasteiger partial charge in [-0.1, -0.05) is 0 Å². The molecular formula is C32H40O17. The molecule has 2 aliphatic heterocycles. The fraction of sp³-hybridized carbons (Fsp3) is 0.531. The highest BCUT2D eigenvalue weighted by molar-refractivity contribution is 5.86. The average Bonchev–Trinajstić information content (AvgIpc) is 3.09. The van der Waals surface area contributed by atoms with Crippen LogP contribution >= 0.6 is 0 Å². The van der Waals surface area contributed by atoms with Crippen molar-refractivity contribution >= 4 is 11.0 Å². The molecule has 17 heteroatoms. The van der Waals surface area contributed by atoms with Gasteiger partial charge in [0.15, 0.2) is 23.2 Å². The molecule has 0 aliphatic carbocycles. The SMILES string of the molecule is COc1ccc(-c2cc(=O)c3c(OCCO)cc(O[C@@H]4O[C@H](CO[C@@H]5O[C@@H](C)[C@H](O)[C@@H](O)[C@H]5O)[C@@H](O)[C@H](O)[C@H]4O)cc3o2)cc1OCCO. The van der Waals surface area contributed by atoms with Crippen LogP contribution in [0.5, 0.6) is 23.0 Å². The van der Waals surface area contributed by atoms with E-state index in [0.717, 1.165) is 0 Å². The first-order chi connectivity index (χ1) is 23.5. The number of methoxy groups -OCH3 is 1. The van der Waals surface area contributed by atoms with Gasteiger partial charge in [0, 0.05) is 23.8 Å². The lowest BCUT2D eigenvalue weighted by molar-refractivity contribution is -0.318. The highest BCUT2D eigenvalue weighted by atomic mass is 16.7. The molecule has 8 N–H and O–H groups in total. The zero-order chi connectivity index (χ0) is 35.4. The van der Waals surface area contributed by atoms with E-state index in [9.17, 15) is 45.6 Å². The van der Waals surface area contributed by atoms with E-state index in [2.05, 4.69) is 0 Å². The minimum atomic E-state index is -1.79. The molecule has 2 aliphatic rings. The summed E-state index contributed by atoms with van der Waals surface area (Å²) in [4.78, 5) is 13.4. The number of aliphatic hydroxyl groups is 8. The molecule has 3 aromatic rings. The zero-order valence-corrected chi connectivity index (χ0v) is 26.5. The molecule has 10 atom stereocenters. The lowest BCUT2D eigenvalue weighted by Gasteiger charge is -2.42. The second kappa shape index (κ2) is 16.0. The first-order valence-electron chi connectivity index (χ1n) is 15.4. The van der Waals surface area contributed by atoms with Crippen molar-refractivity contribution in [3.8, 4) is 34.3 Å². The second-order valence-electron chi connectivity index (χ2n) is 11.4. The predicted octanol–water partition coefficient (Wildman–Crippen LogP) is -1.76. The van der Waals surface area contributed by atoms with Crippen molar-refractivity contribution in [2.24, 2.45) is 0 Å². The van der Waals surface area contributed by atoms with Crippen LogP contribution in [-0.4, -0.2) is 142 Å². The number of aliphatic hydroxyl groups excluding tert-OH is 8. The van der Waals surface area contributed by atoms with Crippen molar-refractivity contribution in [1.82, 2.24) is 0 Å². The Kier molecular flexibility index (Phi) is 11.9. The highest BCUT2D eigenvalue weighted by Crippen LogP contribution is 2.36. The summed E-state index contributed by atoms with van der Waals surface area (Å²) in [7, 11) is 1.45. The number of rotatable bonds is 13. The molecule has 270 valence electrons. The van der Waals surface area contributed by atoms with Crippen LogP contribution in [0.4, 0.5) is 0 Å². The van der Waals surface area contributed by atoms with Crippen molar-refractivity contribution in [2.75, 3.05) is 40.1 Å². The third-order valence-corrected chi connectivity index (χ3v) is 8.07. The van der Waals surface area contributed by atoms with E-state index in [1.165, 1.54) is 32.2 Å². The van der Waals surface area contributed by atoms with Gasteiger partial charge in [-0.3, -0.25) is 4.79 Å². The first kappa shape index (κ1) is 36.7. The van der Waals surface area contributed by atoms with Crippen LogP contribution in [0.3, 0.4) is 0 Å². The van der Waals surface area contributed by atoms with Gasteiger partial charge in [0.05, 0.1) is 33.0 Å². The van der Waals surface area contributed by atoms with Crippen molar-refractivity contribution < 1.29 is 78.4 Å². The van der Waals surface area contributed by atoms with Crippen LogP contribution in [-0.2, 0) is 14.2 Å². The molecule has 0 radical (unpaired) electrons. The Balaban J connectivity index is 1.42. The van der Waals surface area contributed by atoms with E-state index in [-0.39, 0.29) is 60.4 Å². The number of hydrogen-bond acceptors (Lipinski definition) is 17. The van der Waals surface area contributed by atoms with Crippen molar-refractivity contribution in [3.63, 3.8) is 0 Å². The Hall–Kier alpha value is -3.59.